The number of nitrogens with zero attached hydrogens (tertiary/aromatic N) is 2. The molecule has 114 valence electrons. The van der Waals surface area contributed by atoms with E-state index in [2.05, 4.69) is 49.4 Å². The molecule has 0 spiro atoms. The van der Waals surface area contributed by atoms with Gasteiger partial charge in [-0.15, -0.1) is 0 Å². The first-order valence-electron chi connectivity index (χ1n) is 7.60. The first kappa shape index (κ1) is 14.3. The van der Waals surface area contributed by atoms with Gasteiger partial charge in [0.25, 0.3) is 0 Å². The van der Waals surface area contributed by atoms with Gasteiger partial charge in [0.1, 0.15) is 0 Å². The summed E-state index contributed by atoms with van der Waals surface area (Å²) >= 11 is 1.52. The lowest BCUT2D eigenvalue weighted by Crippen LogP contribution is -2.34. The van der Waals surface area contributed by atoms with Gasteiger partial charge in [0.15, 0.2) is 5.17 Å². The van der Waals surface area contributed by atoms with Crippen LogP contribution in [0.3, 0.4) is 0 Å². The molecule has 0 aliphatic carbocycles. The van der Waals surface area contributed by atoms with Crippen molar-refractivity contribution in [2.45, 2.75) is 13.0 Å². The second kappa shape index (κ2) is 5.70. The van der Waals surface area contributed by atoms with E-state index in [0.717, 1.165) is 22.0 Å². The molecule has 1 saturated heterocycles. The molecule has 1 fully saturated rings. The largest absolute Gasteiger partial charge is 0.279 e. The summed E-state index contributed by atoms with van der Waals surface area (Å²) in [5, 5.41) is 0.807. The monoisotopic (exact) mass is 320 g/mol. The normalized spacial score (nSPS) is 20.1. The minimum Gasteiger partial charge on any atom is -0.279 e. The lowest BCUT2D eigenvalue weighted by Gasteiger charge is -2.29. The number of rotatable bonds is 2. The van der Waals surface area contributed by atoms with Gasteiger partial charge in [-0.3, -0.25) is 9.69 Å². The van der Waals surface area contributed by atoms with E-state index in [-0.39, 0.29) is 11.9 Å². The number of thioether (sulfide) groups is 1. The van der Waals surface area contributed by atoms with Crippen LogP contribution in [-0.2, 0) is 4.79 Å². The smallest absolute Gasteiger partial charge is 0.239 e. The number of fused-ring (bicyclic) bond motifs is 1. The van der Waals surface area contributed by atoms with Crippen molar-refractivity contribution in [3.8, 4) is 0 Å². The number of aryl methyl sites for hydroxylation is 1. The summed E-state index contributed by atoms with van der Waals surface area (Å²) in [5.41, 5.74) is 4.36. The number of hydrogen-bond acceptors (Lipinski definition) is 3. The third-order valence-corrected chi connectivity index (χ3v) is 5.04. The number of carbonyl (C=O) groups is 1. The van der Waals surface area contributed by atoms with Gasteiger partial charge in [0.2, 0.25) is 5.91 Å². The summed E-state index contributed by atoms with van der Waals surface area (Å²) in [6.45, 7) is 2.07. The summed E-state index contributed by atoms with van der Waals surface area (Å²) in [6, 6.07) is 18.4. The molecule has 0 aromatic heterocycles. The zero-order valence-electron chi connectivity index (χ0n) is 12.8. The fourth-order valence-electron chi connectivity index (χ4n) is 2.88. The highest BCUT2D eigenvalue weighted by Gasteiger charge is 2.37. The molecule has 4 rings (SSSR count). The first-order chi connectivity index (χ1) is 11.2. The predicted molar refractivity (Wildman–Crippen MR) is 95.1 cm³/mol. The minimum absolute atomic E-state index is 0.0810. The lowest BCUT2D eigenvalue weighted by molar-refractivity contribution is -0.125. The van der Waals surface area contributed by atoms with E-state index < -0.39 is 0 Å². The molecular weight excluding hydrogens is 304 g/mol. The summed E-state index contributed by atoms with van der Waals surface area (Å²) in [4.78, 5) is 18.8. The van der Waals surface area contributed by atoms with E-state index in [1.165, 1.54) is 17.3 Å². The molecule has 0 saturated carbocycles. The summed E-state index contributed by atoms with van der Waals surface area (Å²) in [7, 11) is 0. The van der Waals surface area contributed by atoms with E-state index in [4.69, 9.17) is 4.99 Å². The van der Waals surface area contributed by atoms with E-state index in [1.54, 1.807) is 0 Å². The first-order valence-corrected chi connectivity index (χ1v) is 8.58. The van der Waals surface area contributed by atoms with Crippen molar-refractivity contribution in [1.82, 2.24) is 4.90 Å². The fraction of sp³-hybridized carbons (Fsp3) is 0.158. The molecule has 4 heteroatoms. The molecule has 2 heterocycles. The molecule has 2 aromatic rings. The SMILES string of the molecule is Cc1ccc(C2=C[C@H](c3ccccc3)N3C(=O)CSC3=N2)cc1. The van der Waals surface area contributed by atoms with Crippen molar-refractivity contribution in [2.24, 2.45) is 4.99 Å². The topological polar surface area (TPSA) is 32.7 Å². The minimum atomic E-state index is -0.0810. The van der Waals surface area contributed by atoms with Gasteiger partial charge in [0.05, 0.1) is 17.5 Å². The molecule has 23 heavy (non-hydrogen) atoms. The average Bonchev–Trinajstić information content (AvgIpc) is 2.97. The quantitative estimate of drug-likeness (QED) is 0.837. The van der Waals surface area contributed by atoms with Crippen LogP contribution in [-0.4, -0.2) is 21.7 Å². The van der Waals surface area contributed by atoms with Gasteiger partial charge < -0.3 is 0 Å². The van der Waals surface area contributed by atoms with Crippen molar-refractivity contribution in [2.75, 3.05) is 5.75 Å². The van der Waals surface area contributed by atoms with Crippen molar-refractivity contribution >= 4 is 28.5 Å². The third kappa shape index (κ3) is 2.59. The van der Waals surface area contributed by atoms with E-state index >= 15 is 0 Å². The highest BCUT2D eigenvalue weighted by molar-refractivity contribution is 8.15. The second-order valence-corrected chi connectivity index (χ2v) is 6.66. The third-order valence-electron chi connectivity index (χ3n) is 4.10. The zero-order valence-corrected chi connectivity index (χ0v) is 13.6. The highest BCUT2D eigenvalue weighted by Crippen LogP contribution is 2.38. The molecule has 0 bridgehead atoms. The molecule has 0 radical (unpaired) electrons. The average molecular weight is 320 g/mol. The van der Waals surface area contributed by atoms with Crippen LogP contribution in [0.5, 0.6) is 0 Å². The number of benzene rings is 2. The Labute approximate surface area is 139 Å². The van der Waals surface area contributed by atoms with Crippen molar-refractivity contribution < 1.29 is 4.79 Å². The Bertz CT molecular complexity index is 809. The molecule has 0 unspecified atom stereocenters. The van der Waals surface area contributed by atoms with Crippen LogP contribution in [0.15, 0.2) is 65.7 Å². The van der Waals surface area contributed by atoms with Gasteiger partial charge in [-0.25, -0.2) is 4.99 Å². The molecular formula is C19H16N2OS. The van der Waals surface area contributed by atoms with Gasteiger partial charge in [-0.05, 0) is 24.1 Å². The summed E-state index contributed by atoms with van der Waals surface area (Å²) in [6.07, 6.45) is 2.09. The number of amidine groups is 1. The van der Waals surface area contributed by atoms with Crippen LogP contribution in [0, 0.1) is 6.92 Å². The fourth-order valence-corrected chi connectivity index (χ4v) is 3.79. The van der Waals surface area contributed by atoms with E-state index in [1.807, 2.05) is 23.1 Å². The van der Waals surface area contributed by atoms with Gasteiger partial charge in [-0.2, -0.15) is 0 Å². The Balaban J connectivity index is 1.81. The van der Waals surface area contributed by atoms with Crippen molar-refractivity contribution in [1.29, 1.82) is 0 Å². The van der Waals surface area contributed by atoms with Crippen LogP contribution < -0.4 is 0 Å². The Morgan fingerprint density at radius 1 is 1.09 bits per heavy atom. The van der Waals surface area contributed by atoms with Crippen LogP contribution in [0.1, 0.15) is 22.7 Å². The molecule has 2 aliphatic rings. The lowest BCUT2D eigenvalue weighted by atomic mass is 10.0. The molecule has 2 aromatic carbocycles. The Morgan fingerprint density at radius 3 is 2.57 bits per heavy atom. The highest BCUT2D eigenvalue weighted by atomic mass is 32.2. The predicted octanol–water partition coefficient (Wildman–Crippen LogP) is 4.02. The van der Waals surface area contributed by atoms with Crippen molar-refractivity contribution in [3.63, 3.8) is 0 Å². The summed E-state index contributed by atoms with van der Waals surface area (Å²) < 4.78 is 0. The zero-order chi connectivity index (χ0) is 15.8. The van der Waals surface area contributed by atoms with Crippen LogP contribution >= 0.6 is 11.8 Å². The van der Waals surface area contributed by atoms with Gasteiger partial charge in [0, 0.05) is 0 Å². The maximum Gasteiger partial charge on any atom is 0.239 e. The Kier molecular flexibility index (Phi) is 3.54. The van der Waals surface area contributed by atoms with Crippen LogP contribution in [0.4, 0.5) is 0 Å². The Morgan fingerprint density at radius 2 is 1.83 bits per heavy atom. The maximum absolute atomic E-state index is 12.3. The molecule has 2 aliphatic heterocycles. The van der Waals surface area contributed by atoms with Crippen LogP contribution in [0.25, 0.3) is 5.70 Å². The van der Waals surface area contributed by atoms with Gasteiger partial charge in [-0.1, -0.05) is 71.9 Å². The number of hydrogen-bond donors (Lipinski definition) is 0. The second-order valence-electron chi connectivity index (χ2n) is 5.72. The molecule has 1 amide bonds. The van der Waals surface area contributed by atoms with E-state index in [9.17, 15) is 4.79 Å². The molecule has 1 atom stereocenters. The molecule has 0 N–H and O–H groups in total. The maximum atomic E-state index is 12.3. The number of carbonyl (C=O) groups excluding carboxylic acids is 1. The van der Waals surface area contributed by atoms with E-state index in [0.29, 0.717) is 5.75 Å². The summed E-state index contributed by atoms with van der Waals surface area (Å²) in [5.74, 6) is 0.596. The molecule has 3 nitrogen and oxygen atoms in total. The number of aliphatic imine (C=N–C) groups is 1. The standard InChI is InChI=1S/C19H16N2OS/c1-13-7-9-14(10-8-13)16-11-17(15-5-3-2-4-6-15)21-18(22)12-23-19(21)20-16/h2-11,17H,12H2,1H3/t17-/m1/s1. The van der Waals surface area contributed by atoms with Crippen molar-refractivity contribution in [3.05, 3.63) is 77.4 Å². The number of amides is 1. The Hall–Kier alpha value is -2.33. The van der Waals surface area contributed by atoms with Crippen LogP contribution in [0.2, 0.25) is 0 Å². The van der Waals surface area contributed by atoms with Gasteiger partial charge >= 0.3 is 0 Å².